The smallest absolute Gasteiger partial charge is 0.310 e. The zero-order valence-corrected chi connectivity index (χ0v) is 16.3. The molecule has 0 spiro atoms. The third kappa shape index (κ3) is 3.73. The Balaban J connectivity index is 1.65. The third-order valence-electron chi connectivity index (χ3n) is 5.96. The number of carbonyl (C=O) groups is 2. The molecule has 0 aliphatic heterocycles. The molecular formula is C26H24O3. The Hall–Kier alpha value is -3.20. The fourth-order valence-corrected chi connectivity index (χ4v) is 4.50. The van der Waals surface area contributed by atoms with E-state index in [2.05, 4.69) is 0 Å². The molecule has 3 atom stereocenters. The van der Waals surface area contributed by atoms with Gasteiger partial charge in [-0.25, -0.2) is 0 Å². The first-order valence-electron chi connectivity index (χ1n) is 10.0. The van der Waals surface area contributed by atoms with Gasteiger partial charge in [-0.1, -0.05) is 91.0 Å². The number of rotatable bonds is 6. The van der Waals surface area contributed by atoms with Crippen molar-refractivity contribution in [2.75, 3.05) is 0 Å². The van der Waals surface area contributed by atoms with Crippen LogP contribution < -0.4 is 0 Å². The lowest BCUT2D eigenvalue weighted by molar-refractivity contribution is -0.162. The highest BCUT2D eigenvalue weighted by Gasteiger charge is 2.56. The van der Waals surface area contributed by atoms with Crippen LogP contribution in [0.5, 0.6) is 0 Å². The average Bonchev–Trinajstić information content (AvgIpc) is 2.75. The lowest BCUT2D eigenvalue weighted by Gasteiger charge is -2.49. The fourth-order valence-electron chi connectivity index (χ4n) is 4.50. The summed E-state index contributed by atoms with van der Waals surface area (Å²) in [5, 5.41) is 0. The molecular weight excluding hydrogens is 360 g/mol. The molecule has 29 heavy (non-hydrogen) atoms. The van der Waals surface area contributed by atoms with E-state index in [1.807, 2.05) is 97.9 Å². The minimum Gasteiger partial charge on any atom is -0.458 e. The van der Waals surface area contributed by atoms with Gasteiger partial charge in [-0.3, -0.25) is 4.79 Å². The molecule has 0 N–H and O–H groups in total. The van der Waals surface area contributed by atoms with E-state index in [0.29, 0.717) is 0 Å². The molecule has 0 radical (unpaired) electrons. The van der Waals surface area contributed by atoms with Gasteiger partial charge in [0.25, 0.3) is 0 Å². The molecule has 3 nitrogen and oxygen atoms in total. The van der Waals surface area contributed by atoms with Gasteiger partial charge >= 0.3 is 5.97 Å². The highest BCUT2D eigenvalue weighted by Crippen LogP contribution is 2.57. The molecule has 0 saturated heterocycles. The molecule has 1 aliphatic carbocycles. The monoisotopic (exact) mass is 384 g/mol. The highest BCUT2D eigenvalue weighted by molar-refractivity contribution is 5.81. The van der Waals surface area contributed by atoms with E-state index in [4.69, 9.17) is 4.74 Å². The molecule has 1 saturated carbocycles. The van der Waals surface area contributed by atoms with Crippen molar-refractivity contribution in [3.8, 4) is 0 Å². The van der Waals surface area contributed by atoms with Gasteiger partial charge in [0.1, 0.15) is 12.4 Å². The lowest BCUT2D eigenvalue weighted by Crippen LogP contribution is -2.49. The highest BCUT2D eigenvalue weighted by atomic mass is 16.5. The first kappa shape index (κ1) is 19.1. The summed E-state index contributed by atoms with van der Waals surface area (Å²) in [5.41, 5.74) is 2.97. The first-order valence-corrected chi connectivity index (χ1v) is 10.0. The van der Waals surface area contributed by atoms with Crippen molar-refractivity contribution in [2.24, 2.45) is 11.8 Å². The van der Waals surface area contributed by atoms with Crippen molar-refractivity contribution >= 4 is 12.3 Å². The number of hydrogen-bond acceptors (Lipinski definition) is 3. The molecule has 0 bridgehead atoms. The van der Waals surface area contributed by atoms with Crippen LogP contribution in [-0.2, 0) is 14.3 Å². The third-order valence-corrected chi connectivity index (χ3v) is 5.96. The summed E-state index contributed by atoms with van der Waals surface area (Å²) >= 11 is 0. The SMILES string of the molecule is C[C@H](OC(=O)C1[C@H](c2ccccc2)C(C=O)[C@H]1c1ccccc1)c1ccccc1. The average molecular weight is 384 g/mol. The first-order chi connectivity index (χ1) is 14.2. The maximum Gasteiger partial charge on any atom is 0.310 e. The number of esters is 1. The van der Waals surface area contributed by atoms with Gasteiger partial charge in [-0.05, 0) is 23.6 Å². The Bertz CT molecular complexity index is 906. The summed E-state index contributed by atoms with van der Waals surface area (Å²) in [6, 6.07) is 29.3. The number of carbonyl (C=O) groups excluding carboxylic acids is 2. The van der Waals surface area contributed by atoms with Gasteiger partial charge < -0.3 is 9.53 Å². The molecule has 1 fully saturated rings. The van der Waals surface area contributed by atoms with E-state index >= 15 is 0 Å². The molecule has 3 aromatic rings. The van der Waals surface area contributed by atoms with E-state index in [1.165, 1.54) is 0 Å². The molecule has 0 heterocycles. The second-order valence-corrected chi connectivity index (χ2v) is 7.60. The Morgan fingerprint density at radius 1 is 0.793 bits per heavy atom. The summed E-state index contributed by atoms with van der Waals surface area (Å²) in [7, 11) is 0. The maximum atomic E-state index is 13.3. The summed E-state index contributed by atoms with van der Waals surface area (Å²) in [6.45, 7) is 1.89. The minimum absolute atomic E-state index is 0.172. The van der Waals surface area contributed by atoms with Crippen molar-refractivity contribution < 1.29 is 14.3 Å². The van der Waals surface area contributed by atoms with Crippen LogP contribution in [0.1, 0.15) is 41.6 Å². The van der Waals surface area contributed by atoms with Gasteiger partial charge in [-0.15, -0.1) is 0 Å². The maximum absolute atomic E-state index is 13.3. The predicted molar refractivity (Wildman–Crippen MR) is 112 cm³/mol. The van der Waals surface area contributed by atoms with Crippen molar-refractivity contribution in [1.29, 1.82) is 0 Å². The summed E-state index contributed by atoms with van der Waals surface area (Å²) in [4.78, 5) is 25.3. The molecule has 0 aromatic heterocycles. The van der Waals surface area contributed by atoms with E-state index in [-0.39, 0.29) is 35.7 Å². The van der Waals surface area contributed by atoms with Crippen LogP contribution in [0.2, 0.25) is 0 Å². The van der Waals surface area contributed by atoms with E-state index in [1.54, 1.807) is 0 Å². The zero-order valence-electron chi connectivity index (χ0n) is 16.3. The van der Waals surface area contributed by atoms with E-state index in [0.717, 1.165) is 23.0 Å². The molecule has 3 aromatic carbocycles. The Morgan fingerprint density at radius 2 is 1.24 bits per heavy atom. The lowest BCUT2D eigenvalue weighted by atomic mass is 9.53. The molecule has 1 aliphatic rings. The van der Waals surface area contributed by atoms with Gasteiger partial charge in [-0.2, -0.15) is 0 Å². The number of ether oxygens (including phenoxy) is 1. The molecule has 4 rings (SSSR count). The molecule has 0 amide bonds. The standard InChI is InChI=1S/C26H24O3/c1-18(19-11-5-2-6-12-19)29-26(28)25-23(20-13-7-3-8-14-20)22(17-27)24(25)21-15-9-4-10-16-21/h2-18,22-25H,1H3/t18-,22?,23+,24+,25?/m0/s1. The second kappa shape index (κ2) is 8.44. The van der Waals surface area contributed by atoms with Gasteiger partial charge in [0.2, 0.25) is 0 Å². The van der Waals surface area contributed by atoms with Crippen LogP contribution in [0.25, 0.3) is 0 Å². The topological polar surface area (TPSA) is 43.4 Å². The van der Waals surface area contributed by atoms with E-state index < -0.39 is 0 Å². The Kier molecular flexibility index (Phi) is 5.57. The quantitative estimate of drug-likeness (QED) is 0.428. The van der Waals surface area contributed by atoms with E-state index in [9.17, 15) is 9.59 Å². The van der Waals surface area contributed by atoms with Gasteiger partial charge in [0, 0.05) is 17.8 Å². The summed E-state index contributed by atoms with van der Waals surface area (Å²) in [5.74, 6) is -1.23. The van der Waals surface area contributed by atoms with Crippen molar-refractivity contribution in [2.45, 2.75) is 24.9 Å². The van der Waals surface area contributed by atoms with Crippen LogP contribution in [0.15, 0.2) is 91.0 Å². The van der Waals surface area contributed by atoms with Crippen LogP contribution in [0, 0.1) is 11.8 Å². The van der Waals surface area contributed by atoms with Crippen LogP contribution in [0.4, 0.5) is 0 Å². The van der Waals surface area contributed by atoms with Gasteiger partial charge in [0.05, 0.1) is 5.92 Å². The Morgan fingerprint density at radius 3 is 1.69 bits per heavy atom. The van der Waals surface area contributed by atoms with Crippen LogP contribution in [0.3, 0.4) is 0 Å². The second-order valence-electron chi connectivity index (χ2n) is 7.60. The minimum atomic E-state index is -0.388. The number of hydrogen-bond donors (Lipinski definition) is 0. The number of benzene rings is 3. The van der Waals surface area contributed by atoms with Crippen molar-refractivity contribution in [3.63, 3.8) is 0 Å². The van der Waals surface area contributed by atoms with Crippen molar-refractivity contribution in [3.05, 3.63) is 108 Å². The fraction of sp³-hybridized carbons (Fsp3) is 0.231. The van der Waals surface area contributed by atoms with Crippen molar-refractivity contribution in [1.82, 2.24) is 0 Å². The largest absolute Gasteiger partial charge is 0.458 e. The molecule has 0 unspecified atom stereocenters. The Labute approximate surface area is 171 Å². The predicted octanol–water partition coefficient (Wildman–Crippen LogP) is 5.30. The molecule has 3 heteroatoms. The summed E-state index contributed by atoms with van der Waals surface area (Å²) < 4.78 is 5.88. The number of aldehydes is 1. The molecule has 146 valence electrons. The summed E-state index contributed by atoms with van der Waals surface area (Å²) in [6.07, 6.45) is 0.659. The van der Waals surface area contributed by atoms with Crippen LogP contribution in [-0.4, -0.2) is 12.3 Å². The van der Waals surface area contributed by atoms with Crippen LogP contribution >= 0.6 is 0 Å². The van der Waals surface area contributed by atoms with Gasteiger partial charge in [0.15, 0.2) is 0 Å². The normalized spacial score (nSPS) is 24.2. The zero-order chi connectivity index (χ0) is 20.2.